The number of aliphatic hydroxyl groups excluding tert-OH is 1. The molecule has 1 fully saturated rings. The lowest BCUT2D eigenvalue weighted by Gasteiger charge is -2.33. The van der Waals surface area contributed by atoms with Gasteiger partial charge in [0.25, 0.3) is 0 Å². The SMILES string of the molecule is COc1cccc(C(O)CN2CCC(NC(C)=O)CC2)c1. The summed E-state index contributed by atoms with van der Waals surface area (Å²) >= 11 is 0. The molecule has 0 aliphatic carbocycles. The number of piperidine rings is 1. The van der Waals surface area contributed by atoms with Crippen molar-refractivity contribution in [3.63, 3.8) is 0 Å². The fraction of sp³-hybridized carbons (Fsp3) is 0.562. The predicted octanol–water partition coefficient (Wildman–Crippen LogP) is 1.33. The van der Waals surface area contributed by atoms with E-state index in [9.17, 15) is 9.90 Å². The number of benzene rings is 1. The van der Waals surface area contributed by atoms with Gasteiger partial charge in [0.1, 0.15) is 5.75 Å². The van der Waals surface area contributed by atoms with Crippen LogP contribution in [0.15, 0.2) is 24.3 Å². The molecule has 0 spiro atoms. The molecule has 2 rings (SSSR count). The fourth-order valence-corrected chi connectivity index (χ4v) is 2.75. The number of aliphatic hydroxyl groups is 1. The van der Waals surface area contributed by atoms with Crippen molar-refractivity contribution >= 4 is 5.91 Å². The van der Waals surface area contributed by atoms with Crippen molar-refractivity contribution in [3.05, 3.63) is 29.8 Å². The van der Waals surface area contributed by atoms with Crippen molar-refractivity contribution in [2.75, 3.05) is 26.7 Å². The molecule has 1 unspecified atom stereocenters. The summed E-state index contributed by atoms with van der Waals surface area (Å²) in [6.07, 6.45) is 1.35. The number of rotatable bonds is 5. The first kappa shape index (κ1) is 15.8. The maximum atomic E-state index is 11.0. The molecule has 0 aromatic heterocycles. The van der Waals surface area contributed by atoms with E-state index in [2.05, 4.69) is 10.2 Å². The van der Waals surface area contributed by atoms with Crippen LogP contribution in [0.3, 0.4) is 0 Å². The molecular formula is C16H24N2O3. The lowest BCUT2D eigenvalue weighted by Crippen LogP contribution is -2.45. The Balaban J connectivity index is 1.83. The molecule has 5 nitrogen and oxygen atoms in total. The van der Waals surface area contributed by atoms with Gasteiger partial charge in [-0.05, 0) is 30.5 Å². The third-order valence-corrected chi connectivity index (χ3v) is 3.90. The van der Waals surface area contributed by atoms with Crippen molar-refractivity contribution in [2.45, 2.75) is 31.9 Å². The predicted molar refractivity (Wildman–Crippen MR) is 81.2 cm³/mol. The van der Waals surface area contributed by atoms with E-state index in [0.717, 1.165) is 37.2 Å². The number of hydrogen-bond donors (Lipinski definition) is 2. The number of nitrogens with one attached hydrogen (secondary N) is 1. The molecule has 1 amide bonds. The van der Waals surface area contributed by atoms with Crippen LogP contribution in [0.1, 0.15) is 31.4 Å². The molecular weight excluding hydrogens is 268 g/mol. The van der Waals surface area contributed by atoms with E-state index in [1.807, 2.05) is 24.3 Å². The highest BCUT2D eigenvalue weighted by molar-refractivity contribution is 5.73. The van der Waals surface area contributed by atoms with Gasteiger partial charge in [0.15, 0.2) is 0 Å². The number of ether oxygens (including phenoxy) is 1. The zero-order valence-corrected chi connectivity index (χ0v) is 12.7. The average molecular weight is 292 g/mol. The summed E-state index contributed by atoms with van der Waals surface area (Å²) in [7, 11) is 1.62. The first-order valence-corrected chi connectivity index (χ1v) is 7.40. The Morgan fingerprint density at radius 1 is 1.48 bits per heavy atom. The highest BCUT2D eigenvalue weighted by Crippen LogP contribution is 2.21. The Kier molecular flexibility index (Phi) is 5.59. The molecule has 1 aliphatic rings. The van der Waals surface area contributed by atoms with Crippen molar-refractivity contribution in [2.24, 2.45) is 0 Å². The maximum absolute atomic E-state index is 11.0. The van der Waals surface area contributed by atoms with Crippen LogP contribution in [0.4, 0.5) is 0 Å². The molecule has 21 heavy (non-hydrogen) atoms. The van der Waals surface area contributed by atoms with Gasteiger partial charge in [0, 0.05) is 32.6 Å². The topological polar surface area (TPSA) is 61.8 Å². The molecule has 1 saturated heterocycles. The number of amides is 1. The van der Waals surface area contributed by atoms with Crippen LogP contribution in [0.2, 0.25) is 0 Å². The summed E-state index contributed by atoms with van der Waals surface area (Å²) in [5, 5.41) is 13.3. The Bertz CT molecular complexity index is 470. The van der Waals surface area contributed by atoms with Gasteiger partial charge in [-0.25, -0.2) is 0 Å². The zero-order valence-electron chi connectivity index (χ0n) is 12.7. The number of methoxy groups -OCH3 is 1. The highest BCUT2D eigenvalue weighted by atomic mass is 16.5. The second-order valence-electron chi connectivity index (χ2n) is 5.57. The minimum Gasteiger partial charge on any atom is -0.497 e. The lowest BCUT2D eigenvalue weighted by molar-refractivity contribution is -0.120. The van der Waals surface area contributed by atoms with Gasteiger partial charge in [-0.1, -0.05) is 12.1 Å². The van der Waals surface area contributed by atoms with Crippen molar-refractivity contribution in [3.8, 4) is 5.75 Å². The first-order valence-electron chi connectivity index (χ1n) is 7.40. The van der Waals surface area contributed by atoms with E-state index in [4.69, 9.17) is 4.74 Å². The number of β-amino-alcohol motifs (C(OH)–C–C–N with tert-alkyl or cyclic N) is 1. The summed E-state index contributed by atoms with van der Waals surface area (Å²) in [4.78, 5) is 13.3. The summed E-state index contributed by atoms with van der Waals surface area (Å²) in [6.45, 7) is 3.96. The molecule has 1 aliphatic heterocycles. The highest BCUT2D eigenvalue weighted by Gasteiger charge is 2.22. The number of carbonyl (C=O) groups is 1. The van der Waals surface area contributed by atoms with E-state index in [0.29, 0.717) is 6.54 Å². The van der Waals surface area contributed by atoms with E-state index < -0.39 is 6.10 Å². The van der Waals surface area contributed by atoms with Gasteiger partial charge >= 0.3 is 0 Å². The minimum atomic E-state index is -0.516. The lowest BCUT2D eigenvalue weighted by atomic mass is 10.0. The fourth-order valence-electron chi connectivity index (χ4n) is 2.75. The van der Waals surface area contributed by atoms with Crippen LogP contribution in [0, 0.1) is 0 Å². The summed E-state index contributed by atoms with van der Waals surface area (Å²) < 4.78 is 5.18. The first-order chi connectivity index (χ1) is 10.1. The van der Waals surface area contributed by atoms with E-state index >= 15 is 0 Å². The third-order valence-electron chi connectivity index (χ3n) is 3.90. The third kappa shape index (κ3) is 4.72. The molecule has 5 heteroatoms. The van der Waals surface area contributed by atoms with Crippen LogP contribution in [0.5, 0.6) is 5.75 Å². The Labute approximate surface area is 125 Å². The van der Waals surface area contributed by atoms with Crippen LogP contribution in [-0.2, 0) is 4.79 Å². The summed E-state index contributed by atoms with van der Waals surface area (Å²) in [6, 6.07) is 7.81. The van der Waals surface area contributed by atoms with Gasteiger partial charge in [0.05, 0.1) is 13.2 Å². The van der Waals surface area contributed by atoms with E-state index in [1.54, 1.807) is 14.0 Å². The van der Waals surface area contributed by atoms with Crippen molar-refractivity contribution < 1.29 is 14.6 Å². The molecule has 1 aromatic carbocycles. The quantitative estimate of drug-likeness (QED) is 0.859. The van der Waals surface area contributed by atoms with E-state index in [-0.39, 0.29) is 11.9 Å². The number of nitrogens with zero attached hydrogens (tertiary/aromatic N) is 1. The van der Waals surface area contributed by atoms with Crippen molar-refractivity contribution in [1.82, 2.24) is 10.2 Å². The van der Waals surface area contributed by atoms with Gasteiger partial charge in [-0.2, -0.15) is 0 Å². The molecule has 1 aromatic rings. The Morgan fingerprint density at radius 2 is 2.19 bits per heavy atom. The summed E-state index contributed by atoms with van der Waals surface area (Å²) in [5.41, 5.74) is 0.873. The van der Waals surface area contributed by atoms with Crippen LogP contribution in [-0.4, -0.2) is 48.7 Å². The monoisotopic (exact) mass is 292 g/mol. The molecule has 0 saturated carbocycles. The van der Waals surface area contributed by atoms with Gasteiger partial charge in [0.2, 0.25) is 5.91 Å². The smallest absolute Gasteiger partial charge is 0.217 e. The summed E-state index contributed by atoms with van der Waals surface area (Å²) in [5.74, 6) is 0.792. The number of carbonyl (C=O) groups excluding carboxylic acids is 1. The number of hydrogen-bond acceptors (Lipinski definition) is 4. The molecule has 2 N–H and O–H groups in total. The molecule has 0 radical (unpaired) electrons. The molecule has 0 bridgehead atoms. The largest absolute Gasteiger partial charge is 0.497 e. The second-order valence-corrected chi connectivity index (χ2v) is 5.57. The van der Waals surface area contributed by atoms with Crippen molar-refractivity contribution in [1.29, 1.82) is 0 Å². The van der Waals surface area contributed by atoms with Crippen LogP contribution < -0.4 is 10.1 Å². The minimum absolute atomic E-state index is 0.0323. The second kappa shape index (κ2) is 7.43. The van der Waals surface area contributed by atoms with Gasteiger partial charge in [-0.15, -0.1) is 0 Å². The van der Waals surface area contributed by atoms with Crippen LogP contribution >= 0.6 is 0 Å². The molecule has 1 heterocycles. The normalized spacial score (nSPS) is 18.2. The standard InChI is InChI=1S/C16H24N2O3/c1-12(19)17-14-6-8-18(9-7-14)11-16(20)13-4-3-5-15(10-13)21-2/h3-5,10,14,16,20H,6-9,11H2,1-2H3,(H,17,19). The Morgan fingerprint density at radius 3 is 2.81 bits per heavy atom. The Hall–Kier alpha value is -1.59. The average Bonchev–Trinajstić information content (AvgIpc) is 2.49. The van der Waals surface area contributed by atoms with Gasteiger partial charge < -0.3 is 20.1 Å². The van der Waals surface area contributed by atoms with Crippen LogP contribution in [0.25, 0.3) is 0 Å². The zero-order chi connectivity index (χ0) is 15.2. The van der Waals surface area contributed by atoms with Gasteiger partial charge in [-0.3, -0.25) is 4.79 Å². The number of likely N-dealkylation sites (tertiary alicyclic amines) is 1. The molecule has 1 atom stereocenters. The maximum Gasteiger partial charge on any atom is 0.217 e. The van der Waals surface area contributed by atoms with E-state index in [1.165, 1.54) is 0 Å². The molecule has 116 valence electrons.